The van der Waals surface area contributed by atoms with Gasteiger partial charge in [-0.2, -0.15) is 17.7 Å². The van der Waals surface area contributed by atoms with Crippen LogP contribution in [0.25, 0.3) is 28.1 Å². The third-order valence-corrected chi connectivity index (χ3v) is 5.52. The van der Waals surface area contributed by atoms with Gasteiger partial charge in [-0.05, 0) is 41.3 Å². The van der Waals surface area contributed by atoms with Crippen LogP contribution in [0.5, 0.6) is 11.5 Å². The van der Waals surface area contributed by atoms with E-state index in [9.17, 15) is 13.2 Å². The van der Waals surface area contributed by atoms with Crippen molar-refractivity contribution < 1.29 is 37.1 Å². The van der Waals surface area contributed by atoms with E-state index in [1.807, 2.05) is 12.1 Å². The van der Waals surface area contributed by atoms with Crippen molar-refractivity contribution in [2.45, 2.75) is 6.18 Å². The van der Waals surface area contributed by atoms with Crippen LogP contribution in [-0.2, 0) is 4.79 Å². The maximum atomic E-state index is 10.5. The minimum absolute atomic E-state index is 0.730. The zero-order chi connectivity index (χ0) is 25.2. The number of carbonyl (C=O) groups excluding carboxylic acids is 1. The van der Waals surface area contributed by atoms with E-state index in [1.54, 1.807) is 14.2 Å². The number of nitrogens with zero attached hydrogens (tertiary/aromatic N) is 1. The summed E-state index contributed by atoms with van der Waals surface area (Å²) in [6.07, 6.45) is -0.808. The molecule has 1 aliphatic rings. The molecule has 4 aromatic rings. The van der Waals surface area contributed by atoms with Gasteiger partial charge in [0.2, 0.25) is 11.4 Å². The number of aromatic nitrogens is 1. The van der Waals surface area contributed by atoms with Crippen LogP contribution in [0.3, 0.4) is 0 Å². The van der Waals surface area contributed by atoms with Gasteiger partial charge in [0.15, 0.2) is 17.7 Å². The summed E-state index contributed by atoms with van der Waals surface area (Å²) in [4.78, 5) is 8.78. The number of benzene rings is 3. The predicted molar refractivity (Wildman–Crippen MR) is 123 cm³/mol. The van der Waals surface area contributed by atoms with Crippen LogP contribution < -0.4 is 19.1 Å². The van der Waals surface area contributed by atoms with Crippen LogP contribution in [0.15, 0.2) is 79.0 Å². The molecule has 178 valence electrons. The summed E-state index contributed by atoms with van der Waals surface area (Å²) in [5.41, 5.74) is 5.93. The molecule has 0 bridgehead atoms. The highest BCUT2D eigenvalue weighted by Crippen LogP contribution is 2.37. The van der Waals surface area contributed by atoms with Crippen molar-refractivity contribution >= 4 is 28.4 Å². The number of carboxylic acids is 1. The van der Waals surface area contributed by atoms with E-state index in [0.29, 0.717) is 0 Å². The molecule has 35 heavy (non-hydrogen) atoms. The van der Waals surface area contributed by atoms with Gasteiger partial charge < -0.3 is 19.4 Å². The molecule has 5 nitrogen and oxygen atoms in total. The van der Waals surface area contributed by atoms with E-state index >= 15 is 0 Å². The molecule has 0 unspecified atom stereocenters. The van der Waals surface area contributed by atoms with E-state index in [0.717, 1.165) is 17.1 Å². The molecule has 0 saturated heterocycles. The Morgan fingerprint density at radius 2 is 1.57 bits per heavy atom. The van der Waals surface area contributed by atoms with Crippen LogP contribution >= 0.6 is 0 Å². The first kappa shape index (κ1) is 23.8. The summed E-state index contributed by atoms with van der Waals surface area (Å²) < 4.78 is 44.7. The summed E-state index contributed by atoms with van der Waals surface area (Å²) in [5.74, 6) is -1.54. The largest absolute Gasteiger partial charge is 0.542 e. The van der Waals surface area contributed by atoms with E-state index in [-0.39, 0.29) is 0 Å². The Bertz CT molecular complexity index is 1440. The maximum absolute atomic E-state index is 10.5. The van der Waals surface area contributed by atoms with Gasteiger partial charge >= 0.3 is 6.18 Å². The lowest BCUT2D eigenvalue weighted by Gasteiger charge is -2.08. The SMILES string of the molecule is COc1ccc(/C=C2\c3ccccc3-[n+]3ccc4ccccc4c32)cc1OC.O=C([O-])C(F)(F)F. The molecule has 0 atom stereocenters. The zero-order valence-corrected chi connectivity index (χ0v) is 18.8. The van der Waals surface area contributed by atoms with Crippen LogP contribution in [0, 0.1) is 0 Å². The lowest BCUT2D eigenvalue weighted by molar-refractivity contribution is -0.592. The number of carbonyl (C=O) groups is 1. The first-order chi connectivity index (χ1) is 16.7. The van der Waals surface area contributed by atoms with Gasteiger partial charge in [-0.1, -0.05) is 36.4 Å². The number of hydrogen-bond acceptors (Lipinski definition) is 4. The maximum Gasteiger partial charge on any atom is 0.430 e. The number of alkyl halides is 3. The number of halogens is 3. The molecule has 8 heteroatoms. The van der Waals surface area contributed by atoms with Gasteiger partial charge in [0.25, 0.3) is 0 Å². The van der Waals surface area contributed by atoms with Crippen molar-refractivity contribution in [3.63, 3.8) is 0 Å². The number of rotatable bonds is 3. The Labute approximate surface area is 199 Å². The van der Waals surface area contributed by atoms with Crippen LogP contribution in [-0.4, -0.2) is 26.4 Å². The van der Waals surface area contributed by atoms with E-state index < -0.39 is 12.1 Å². The molecule has 0 saturated carbocycles. The van der Waals surface area contributed by atoms with Crippen molar-refractivity contribution in [2.75, 3.05) is 14.2 Å². The highest BCUT2D eigenvalue weighted by Gasteiger charge is 2.33. The number of hydrogen-bond donors (Lipinski definition) is 0. The summed E-state index contributed by atoms with van der Waals surface area (Å²) in [7, 11) is 3.32. The molecule has 1 aliphatic heterocycles. The highest BCUT2D eigenvalue weighted by molar-refractivity contribution is 6.02. The third kappa shape index (κ3) is 4.68. The lowest BCUT2D eigenvalue weighted by atomic mass is 9.98. The monoisotopic (exact) mass is 479 g/mol. The molecule has 0 aliphatic carbocycles. The van der Waals surface area contributed by atoms with Gasteiger partial charge in [-0.25, -0.2) is 0 Å². The number of fused-ring (bicyclic) bond motifs is 5. The molecule has 2 heterocycles. The summed E-state index contributed by atoms with van der Waals surface area (Å²) >= 11 is 0. The Morgan fingerprint density at radius 1 is 0.914 bits per heavy atom. The first-order valence-electron chi connectivity index (χ1n) is 10.5. The quantitative estimate of drug-likeness (QED) is 0.362. The zero-order valence-electron chi connectivity index (χ0n) is 18.8. The van der Waals surface area contributed by atoms with Gasteiger partial charge in [0.1, 0.15) is 5.97 Å². The van der Waals surface area contributed by atoms with Crippen molar-refractivity contribution in [1.82, 2.24) is 0 Å². The number of carboxylic acid groups (broad SMARTS) is 1. The van der Waals surface area contributed by atoms with Crippen LogP contribution in [0.2, 0.25) is 0 Å². The molecular formula is C27H20F3NO4. The summed E-state index contributed by atoms with van der Waals surface area (Å²) in [6.45, 7) is 0. The summed E-state index contributed by atoms with van der Waals surface area (Å²) in [5, 5.41) is 11.3. The minimum atomic E-state index is -5.19. The molecular weight excluding hydrogens is 459 g/mol. The average Bonchev–Trinajstić information content (AvgIpc) is 3.17. The predicted octanol–water partition coefficient (Wildman–Crippen LogP) is 4.33. The Balaban J connectivity index is 0.000000364. The molecule has 3 aromatic carbocycles. The Hall–Kier alpha value is -4.33. The Kier molecular flexibility index (Phi) is 6.46. The second kappa shape index (κ2) is 9.50. The summed E-state index contributed by atoms with van der Waals surface area (Å²) in [6, 6.07) is 25.3. The molecule has 0 radical (unpaired) electrons. The van der Waals surface area contributed by atoms with E-state index in [1.165, 1.54) is 33.3 Å². The third-order valence-electron chi connectivity index (χ3n) is 5.52. The topological polar surface area (TPSA) is 62.5 Å². The molecule has 0 spiro atoms. The molecule has 0 fully saturated rings. The van der Waals surface area contributed by atoms with Gasteiger partial charge in [0.05, 0.1) is 30.7 Å². The fourth-order valence-corrected chi connectivity index (χ4v) is 3.99. The number of para-hydroxylation sites is 1. The molecule has 0 N–H and O–H groups in total. The van der Waals surface area contributed by atoms with E-state index in [2.05, 4.69) is 77.5 Å². The number of methoxy groups -OCH3 is 2. The second-order valence-electron chi connectivity index (χ2n) is 7.60. The highest BCUT2D eigenvalue weighted by atomic mass is 19.4. The lowest BCUT2D eigenvalue weighted by Crippen LogP contribution is -2.37. The van der Waals surface area contributed by atoms with Crippen LogP contribution in [0.1, 0.15) is 16.8 Å². The number of ether oxygens (including phenoxy) is 2. The first-order valence-corrected chi connectivity index (χ1v) is 10.5. The van der Waals surface area contributed by atoms with Crippen molar-refractivity contribution in [2.24, 2.45) is 0 Å². The fraction of sp³-hybridized carbons (Fsp3) is 0.111. The molecule has 1 aromatic heterocycles. The standard InChI is InChI=1S/C25H20NO2.C2HF3O2/c1-27-23-12-11-17(16-24(23)28-2)15-21-20-9-5-6-10-22(20)26-14-13-18-7-3-4-8-19(18)25(21)26;3-2(4,5)1(6)7/h3-16H,1-2H3;(H,6,7)/q+1;/p-1/b21-15+;. The van der Waals surface area contributed by atoms with Crippen molar-refractivity contribution in [3.8, 4) is 17.2 Å². The van der Waals surface area contributed by atoms with Gasteiger partial charge in [-0.15, -0.1) is 0 Å². The van der Waals surface area contributed by atoms with Crippen LogP contribution in [0.4, 0.5) is 13.2 Å². The molecule has 0 amide bonds. The van der Waals surface area contributed by atoms with Crippen molar-refractivity contribution in [1.29, 1.82) is 0 Å². The normalized spacial score (nSPS) is 13.0. The smallest absolute Gasteiger partial charge is 0.430 e. The second-order valence-corrected chi connectivity index (χ2v) is 7.60. The number of aliphatic carboxylic acids is 1. The van der Waals surface area contributed by atoms with Gasteiger partial charge in [0, 0.05) is 12.1 Å². The number of pyridine rings is 1. The van der Waals surface area contributed by atoms with Gasteiger partial charge in [-0.3, -0.25) is 0 Å². The average molecular weight is 479 g/mol. The van der Waals surface area contributed by atoms with E-state index in [4.69, 9.17) is 19.4 Å². The molecule has 5 rings (SSSR count). The van der Waals surface area contributed by atoms with Crippen molar-refractivity contribution in [3.05, 3.63) is 95.8 Å². The Morgan fingerprint density at radius 3 is 2.26 bits per heavy atom. The minimum Gasteiger partial charge on any atom is -0.542 e. The fourth-order valence-electron chi connectivity index (χ4n) is 3.99.